The van der Waals surface area contributed by atoms with Gasteiger partial charge in [-0.1, -0.05) is 11.6 Å². The SMILES string of the molecule is F[B-](F)(F)c1cncc(Cl)n1.[K+]. The van der Waals surface area contributed by atoms with Crippen molar-refractivity contribution < 1.29 is 64.3 Å². The summed E-state index contributed by atoms with van der Waals surface area (Å²) in [5.74, 6) is 0. The van der Waals surface area contributed by atoms with E-state index in [9.17, 15) is 12.9 Å². The molecule has 0 aromatic carbocycles. The van der Waals surface area contributed by atoms with Crippen molar-refractivity contribution in [1.82, 2.24) is 9.97 Å². The summed E-state index contributed by atoms with van der Waals surface area (Å²) in [7, 11) is 0. The van der Waals surface area contributed by atoms with Gasteiger partial charge in [-0.3, -0.25) is 9.97 Å². The molecule has 0 aliphatic heterocycles. The number of rotatable bonds is 1. The quantitative estimate of drug-likeness (QED) is 0.521. The van der Waals surface area contributed by atoms with Crippen LogP contribution in [0, 0.1) is 0 Å². The third kappa shape index (κ3) is 3.72. The molecule has 0 amide bonds. The summed E-state index contributed by atoms with van der Waals surface area (Å²) in [4.78, 5) is 6.30. The normalized spacial score (nSPS) is 10.7. The van der Waals surface area contributed by atoms with Gasteiger partial charge < -0.3 is 12.9 Å². The van der Waals surface area contributed by atoms with E-state index in [1.54, 1.807) is 0 Å². The van der Waals surface area contributed by atoms with Gasteiger partial charge in [0.1, 0.15) is 5.15 Å². The van der Waals surface area contributed by atoms with Gasteiger partial charge in [0.15, 0.2) is 0 Å². The Balaban J connectivity index is 0.00000121. The Morgan fingerprint density at radius 1 is 1.25 bits per heavy atom. The maximum atomic E-state index is 11.9. The van der Waals surface area contributed by atoms with E-state index in [1.807, 2.05) is 0 Å². The summed E-state index contributed by atoms with van der Waals surface area (Å²) in [6, 6.07) is 0. The smallest absolute Gasteiger partial charge is 0.444 e. The summed E-state index contributed by atoms with van der Waals surface area (Å²) in [6.07, 6.45) is 1.69. The van der Waals surface area contributed by atoms with Crippen LogP contribution >= 0.6 is 11.6 Å². The summed E-state index contributed by atoms with van der Waals surface area (Å²) >= 11 is 5.19. The van der Waals surface area contributed by atoms with Gasteiger partial charge in [-0.2, -0.15) is 0 Å². The van der Waals surface area contributed by atoms with Crippen molar-refractivity contribution in [3.05, 3.63) is 17.5 Å². The van der Waals surface area contributed by atoms with E-state index in [4.69, 9.17) is 11.6 Å². The van der Waals surface area contributed by atoms with Crippen LogP contribution in [0.1, 0.15) is 0 Å². The maximum Gasteiger partial charge on any atom is 1.00 e. The minimum Gasteiger partial charge on any atom is -0.444 e. The van der Waals surface area contributed by atoms with Gasteiger partial charge in [-0.25, -0.2) is 0 Å². The van der Waals surface area contributed by atoms with Gasteiger partial charge in [0.25, 0.3) is 0 Å². The predicted molar refractivity (Wildman–Crippen MR) is 35.8 cm³/mol. The molecule has 0 saturated carbocycles. The summed E-state index contributed by atoms with van der Waals surface area (Å²) in [5.41, 5.74) is -1.02. The average Bonchev–Trinajstić information content (AvgIpc) is 1.86. The first-order valence-electron chi connectivity index (χ1n) is 2.67. The number of hydrogen-bond acceptors (Lipinski definition) is 2. The second kappa shape index (κ2) is 4.92. The fourth-order valence-electron chi connectivity index (χ4n) is 0.514. The minimum atomic E-state index is -5.08. The topological polar surface area (TPSA) is 25.8 Å². The largest absolute Gasteiger partial charge is 1.00 e. The number of halogens is 4. The van der Waals surface area contributed by atoms with Crippen LogP contribution < -0.4 is 57.0 Å². The molecule has 12 heavy (non-hydrogen) atoms. The van der Waals surface area contributed by atoms with Crippen LogP contribution in [0.4, 0.5) is 12.9 Å². The molecule has 0 atom stereocenters. The number of nitrogens with zero attached hydrogens (tertiary/aromatic N) is 2. The Bertz CT molecular complexity index is 269. The summed E-state index contributed by atoms with van der Waals surface area (Å²) < 4.78 is 35.6. The van der Waals surface area contributed by atoms with Crippen LogP contribution in [0.2, 0.25) is 5.15 Å². The van der Waals surface area contributed by atoms with E-state index in [2.05, 4.69) is 9.97 Å². The zero-order chi connectivity index (χ0) is 8.48. The molecule has 60 valence electrons. The fraction of sp³-hybridized carbons (Fsp3) is 0. The molecule has 0 bridgehead atoms. The maximum absolute atomic E-state index is 11.9. The number of aromatic nitrogens is 2. The fourth-order valence-corrected chi connectivity index (χ4v) is 0.668. The van der Waals surface area contributed by atoms with Gasteiger partial charge in [0, 0.05) is 11.8 Å². The minimum absolute atomic E-state index is 0. The monoisotopic (exact) mass is 220 g/mol. The molecule has 8 heteroatoms. The molecule has 0 radical (unpaired) electrons. The molecule has 0 aliphatic rings. The molecule has 0 aliphatic carbocycles. The van der Waals surface area contributed by atoms with E-state index in [1.165, 1.54) is 0 Å². The number of hydrogen-bond donors (Lipinski definition) is 0. The van der Waals surface area contributed by atoms with E-state index in [-0.39, 0.29) is 56.5 Å². The summed E-state index contributed by atoms with van der Waals surface area (Å²) in [6.45, 7) is -5.08. The van der Waals surface area contributed by atoms with Gasteiger partial charge in [0.2, 0.25) is 0 Å². The van der Waals surface area contributed by atoms with E-state index in [0.29, 0.717) is 6.20 Å². The Morgan fingerprint density at radius 2 is 1.83 bits per heavy atom. The third-order valence-electron chi connectivity index (χ3n) is 0.959. The van der Waals surface area contributed by atoms with Crippen LogP contribution in [0.3, 0.4) is 0 Å². The van der Waals surface area contributed by atoms with Crippen molar-refractivity contribution in [2.24, 2.45) is 0 Å². The molecule has 1 aromatic heterocycles. The van der Waals surface area contributed by atoms with Gasteiger partial charge in [-0.15, -0.1) is 0 Å². The molecule has 0 spiro atoms. The first kappa shape index (κ1) is 12.9. The third-order valence-corrected chi connectivity index (χ3v) is 1.14. The van der Waals surface area contributed by atoms with E-state index in [0.717, 1.165) is 6.20 Å². The van der Waals surface area contributed by atoms with Crippen molar-refractivity contribution in [2.45, 2.75) is 0 Å². The predicted octanol–water partition coefficient (Wildman–Crippen LogP) is -1.81. The first-order valence-corrected chi connectivity index (χ1v) is 3.05. The zero-order valence-electron chi connectivity index (χ0n) is 6.14. The van der Waals surface area contributed by atoms with Crippen molar-refractivity contribution in [3.63, 3.8) is 0 Å². The zero-order valence-corrected chi connectivity index (χ0v) is 10.0. The van der Waals surface area contributed by atoms with Crippen molar-refractivity contribution in [2.75, 3.05) is 0 Å². The van der Waals surface area contributed by atoms with E-state index < -0.39 is 12.6 Å². The van der Waals surface area contributed by atoms with Crippen molar-refractivity contribution in [1.29, 1.82) is 0 Å². The molecule has 0 saturated heterocycles. The first-order chi connectivity index (χ1) is 5.00. The van der Waals surface area contributed by atoms with Crippen LogP contribution in [0.5, 0.6) is 0 Å². The molecular weight excluding hydrogens is 218 g/mol. The van der Waals surface area contributed by atoms with Gasteiger partial charge >= 0.3 is 58.4 Å². The molecular formula is C4H2BClF3KN2. The molecule has 0 N–H and O–H groups in total. The van der Waals surface area contributed by atoms with Gasteiger partial charge in [0.05, 0.1) is 6.20 Å². The average molecular weight is 220 g/mol. The Labute approximate surface area is 114 Å². The van der Waals surface area contributed by atoms with Crippen LogP contribution in [-0.2, 0) is 0 Å². The van der Waals surface area contributed by atoms with Crippen molar-refractivity contribution >= 4 is 24.2 Å². The standard InChI is InChI=1S/C4H2BClF3N2.K/c6-4-2-10-1-3(11-4)5(7,8)9;/h1-2H;/q-1;+1. The molecule has 0 unspecified atom stereocenters. The molecule has 1 aromatic rings. The Morgan fingerprint density at radius 3 is 2.17 bits per heavy atom. The van der Waals surface area contributed by atoms with Gasteiger partial charge in [-0.05, 0) is 0 Å². The van der Waals surface area contributed by atoms with Crippen molar-refractivity contribution in [3.8, 4) is 0 Å². The Kier molecular flexibility index (Phi) is 5.27. The summed E-state index contributed by atoms with van der Waals surface area (Å²) in [5, 5.41) is -0.248. The van der Waals surface area contributed by atoms with Crippen LogP contribution in [0.25, 0.3) is 0 Å². The van der Waals surface area contributed by atoms with Crippen LogP contribution in [-0.4, -0.2) is 16.9 Å². The second-order valence-corrected chi connectivity index (χ2v) is 2.23. The molecule has 0 fully saturated rings. The van der Waals surface area contributed by atoms with E-state index >= 15 is 0 Å². The second-order valence-electron chi connectivity index (χ2n) is 1.84. The Hall–Kier alpha value is 0.861. The molecule has 1 heterocycles. The molecule has 2 nitrogen and oxygen atoms in total. The molecule has 1 rings (SSSR count). The van der Waals surface area contributed by atoms with Crippen LogP contribution in [0.15, 0.2) is 12.4 Å².